The van der Waals surface area contributed by atoms with Crippen molar-refractivity contribution >= 4 is 0 Å². The molecule has 2 nitrogen and oxygen atoms in total. The van der Waals surface area contributed by atoms with Crippen molar-refractivity contribution in [1.82, 2.24) is 5.32 Å². The van der Waals surface area contributed by atoms with E-state index in [1.165, 1.54) is 11.1 Å². The van der Waals surface area contributed by atoms with Gasteiger partial charge in [-0.05, 0) is 36.8 Å². The molecule has 1 aromatic rings. The molecule has 1 N–H and O–H groups in total. The van der Waals surface area contributed by atoms with E-state index >= 15 is 0 Å². The van der Waals surface area contributed by atoms with Crippen molar-refractivity contribution in [3.05, 3.63) is 29.3 Å². The second-order valence-corrected chi connectivity index (χ2v) is 7.08. The third kappa shape index (κ3) is 5.16. The van der Waals surface area contributed by atoms with Gasteiger partial charge in [-0.25, -0.2) is 0 Å². The summed E-state index contributed by atoms with van der Waals surface area (Å²) in [6.45, 7) is 17.1. The Balaban J connectivity index is 2.60. The maximum absolute atomic E-state index is 5.99. The van der Waals surface area contributed by atoms with Gasteiger partial charge >= 0.3 is 0 Å². The number of hydrogen-bond acceptors (Lipinski definition) is 2. The normalized spacial score (nSPS) is 13.6. The Morgan fingerprint density at radius 2 is 1.80 bits per heavy atom. The van der Waals surface area contributed by atoms with Gasteiger partial charge in [0.2, 0.25) is 0 Å². The minimum Gasteiger partial charge on any atom is -0.492 e. The fourth-order valence-corrected chi connectivity index (χ4v) is 2.04. The van der Waals surface area contributed by atoms with Crippen molar-refractivity contribution in [2.24, 2.45) is 5.92 Å². The standard InChI is InChI=1S/C18H31NO/c1-13(2)15(4)19-10-11-20-17-9-8-14(3)12-16(17)18(5,6)7/h8-9,12-13,15,19H,10-11H2,1-7H3. The topological polar surface area (TPSA) is 21.3 Å². The molecule has 0 spiro atoms. The lowest BCUT2D eigenvalue weighted by Gasteiger charge is -2.24. The summed E-state index contributed by atoms with van der Waals surface area (Å²) in [6.07, 6.45) is 0. The molecule has 0 heterocycles. The minimum absolute atomic E-state index is 0.111. The molecule has 1 unspecified atom stereocenters. The zero-order chi connectivity index (χ0) is 15.3. The Bertz CT molecular complexity index is 418. The summed E-state index contributed by atoms with van der Waals surface area (Å²) in [6, 6.07) is 6.98. The molecule has 0 aromatic heterocycles. The number of ether oxygens (including phenoxy) is 1. The highest BCUT2D eigenvalue weighted by atomic mass is 16.5. The monoisotopic (exact) mass is 277 g/mol. The first-order chi connectivity index (χ1) is 9.21. The van der Waals surface area contributed by atoms with Crippen molar-refractivity contribution in [3.8, 4) is 5.75 Å². The number of rotatable bonds is 6. The Morgan fingerprint density at radius 1 is 1.15 bits per heavy atom. The van der Waals surface area contributed by atoms with E-state index in [1.807, 2.05) is 0 Å². The average molecular weight is 277 g/mol. The summed E-state index contributed by atoms with van der Waals surface area (Å²) in [4.78, 5) is 0. The van der Waals surface area contributed by atoms with Crippen LogP contribution in [-0.2, 0) is 5.41 Å². The van der Waals surface area contributed by atoms with Crippen LogP contribution in [0.1, 0.15) is 52.7 Å². The van der Waals surface area contributed by atoms with E-state index in [0.29, 0.717) is 18.6 Å². The Hall–Kier alpha value is -1.02. The molecule has 0 saturated carbocycles. The van der Waals surface area contributed by atoms with Crippen LogP contribution in [0.3, 0.4) is 0 Å². The SMILES string of the molecule is Cc1ccc(OCCNC(C)C(C)C)c(C(C)(C)C)c1. The van der Waals surface area contributed by atoms with Crippen LogP contribution in [0.5, 0.6) is 5.75 Å². The van der Waals surface area contributed by atoms with Crippen LogP contribution in [0, 0.1) is 12.8 Å². The number of hydrogen-bond donors (Lipinski definition) is 1. The van der Waals surface area contributed by atoms with Crippen LogP contribution in [0.15, 0.2) is 18.2 Å². The quantitative estimate of drug-likeness (QED) is 0.783. The van der Waals surface area contributed by atoms with Crippen LogP contribution >= 0.6 is 0 Å². The van der Waals surface area contributed by atoms with E-state index in [4.69, 9.17) is 4.74 Å². The molecule has 20 heavy (non-hydrogen) atoms. The minimum atomic E-state index is 0.111. The average Bonchev–Trinajstić information content (AvgIpc) is 2.34. The largest absolute Gasteiger partial charge is 0.492 e. The molecule has 1 aromatic carbocycles. The van der Waals surface area contributed by atoms with Crippen molar-refractivity contribution in [2.75, 3.05) is 13.2 Å². The van der Waals surface area contributed by atoms with Crippen molar-refractivity contribution in [3.63, 3.8) is 0 Å². The predicted octanol–water partition coefficient (Wildman–Crippen LogP) is 4.31. The fourth-order valence-electron chi connectivity index (χ4n) is 2.04. The van der Waals surface area contributed by atoms with Crippen LogP contribution in [-0.4, -0.2) is 19.2 Å². The third-order valence-electron chi connectivity index (χ3n) is 3.77. The Kier molecular flexibility index (Phi) is 6.07. The van der Waals surface area contributed by atoms with E-state index in [2.05, 4.69) is 72.0 Å². The smallest absolute Gasteiger partial charge is 0.123 e. The highest BCUT2D eigenvalue weighted by Gasteiger charge is 2.19. The summed E-state index contributed by atoms with van der Waals surface area (Å²) in [5.41, 5.74) is 2.68. The van der Waals surface area contributed by atoms with Gasteiger partial charge in [0.1, 0.15) is 12.4 Å². The van der Waals surface area contributed by atoms with Gasteiger partial charge in [0, 0.05) is 12.6 Å². The van der Waals surface area contributed by atoms with Gasteiger partial charge in [0.25, 0.3) is 0 Å². The lowest BCUT2D eigenvalue weighted by molar-refractivity contribution is 0.290. The molecular weight excluding hydrogens is 246 g/mol. The first-order valence-electron chi connectivity index (χ1n) is 7.69. The molecule has 0 aliphatic heterocycles. The molecule has 0 aliphatic carbocycles. The number of benzene rings is 1. The van der Waals surface area contributed by atoms with E-state index in [-0.39, 0.29) is 5.41 Å². The van der Waals surface area contributed by atoms with Crippen LogP contribution in [0.25, 0.3) is 0 Å². The molecule has 0 fully saturated rings. The van der Waals surface area contributed by atoms with E-state index in [0.717, 1.165) is 12.3 Å². The lowest BCUT2D eigenvalue weighted by atomic mass is 9.85. The molecule has 1 atom stereocenters. The van der Waals surface area contributed by atoms with Crippen molar-refractivity contribution in [2.45, 2.75) is 59.9 Å². The summed E-state index contributed by atoms with van der Waals surface area (Å²) >= 11 is 0. The second kappa shape index (κ2) is 7.12. The summed E-state index contributed by atoms with van der Waals surface area (Å²) in [7, 11) is 0. The highest BCUT2D eigenvalue weighted by Crippen LogP contribution is 2.32. The van der Waals surface area contributed by atoms with Gasteiger partial charge in [-0.15, -0.1) is 0 Å². The van der Waals surface area contributed by atoms with Gasteiger partial charge in [0.15, 0.2) is 0 Å². The molecule has 2 heteroatoms. The van der Waals surface area contributed by atoms with Crippen LogP contribution in [0.2, 0.25) is 0 Å². The summed E-state index contributed by atoms with van der Waals surface area (Å²) in [5.74, 6) is 1.67. The van der Waals surface area contributed by atoms with Crippen molar-refractivity contribution in [1.29, 1.82) is 0 Å². The zero-order valence-corrected chi connectivity index (χ0v) is 14.2. The lowest BCUT2D eigenvalue weighted by Crippen LogP contribution is -2.34. The predicted molar refractivity (Wildman–Crippen MR) is 87.7 cm³/mol. The highest BCUT2D eigenvalue weighted by molar-refractivity contribution is 5.41. The maximum atomic E-state index is 5.99. The molecule has 1 rings (SSSR count). The van der Waals surface area contributed by atoms with Crippen molar-refractivity contribution < 1.29 is 4.74 Å². The van der Waals surface area contributed by atoms with Gasteiger partial charge < -0.3 is 10.1 Å². The molecule has 0 saturated heterocycles. The third-order valence-corrected chi connectivity index (χ3v) is 3.77. The first-order valence-corrected chi connectivity index (χ1v) is 7.69. The molecule has 114 valence electrons. The Morgan fingerprint density at radius 3 is 2.35 bits per heavy atom. The van der Waals surface area contributed by atoms with E-state index in [1.54, 1.807) is 0 Å². The number of aryl methyl sites for hydroxylation is 1. The van der Waals surface area contributed by atoms with Crippen LogP contribution in [0.4, 0.5) is 0 Å². The molecule has 0 amide bonds. The fraction of sp³-hybridized carbons (Fsp3) is 0.667. The summed E-state index contributed by atoms with van der Waals surface area (Å²) < 4.78 is 5.99. The van der Waals surface area contributed by atoms with Gasteiger partial charge in [-0.3, -0.25) is 0 Å². The first kappa shape index (κ1) is 17.0. The maximum Gasteiger partial charge on any atom is 0.123 e. The van der Waals surface area contributed by atoms with Gasteiger partial charge in [-0.2, -0.15) is 0 Å². The molecule has 0 aliphatic rings. The van der Waals surface area contributed by atoms with Gasteiger partial charge in [-0.1, -0.05) is 52.3 Å². The van der Waals surface area contributed by atoms with E-state index < -0.39 is 0 Å². The zero-order valence-electron chi connectivity index (χ0n) is 14.2. The van der Waals surface area contributed by atoms with Crippen LogP contribution < -0.4 is 10.1 Å². The molecule has 0 radical (unpaired) electrons. The molecular formula is C18H31NO. The van der Waals surface area contributed by atoms with E-state index in [9.17, 15) is 0 Å². The van der Waals surface area contributed by atoms with Gasteiger partial charge in [0.05, 0.1) is 0 Å². The number of nitrogens with one attached hydrogen (secondary N) is 1. The summed E-state index contributed by atoms with van der Waals surface area (Å²) in [5, 5.41) is 3.50. The Labute approximate surface area is 124 Å². The molecule has 0 bridgehead atoms. The second-order valence-electron chi connectivity index (χ2n) is 7.08.